The molecule has 2 aliphatic heterocycles. The summed E-state index contributed by atoms with van der Waals surface area (Å²) in [6, 6.07) is 0.343. The molecule has 0 aromatic carbocycles. The fraction of sp³-hybridized carbons (Fsp3) is 0.500. The molecule has 2 heteroatoms. The zero-order valence-electron chi connectivity index (χ0n) is 4.45. The second-order valence-corrected chi connectivity index (χ2v) is 2.06. The van der Waals surface area contributed by atoms with E-state index in [2.05, 4.69) is 4.99 Å². The van der Waals surface area contributed by atoms with E-state index in [1.165, 1.54) is 0 Å². The molecule has 2 atom stereocenters. The van der Waals surface area contributed by atoms with Crippen LogP contribution in [0, 0.1) is 0 Å². The van der Waals surface area contributed by atoms with Crippen LogP contribution in [0.15, 0.2) is 17.3 Å². The van der Waals surface area contributed by atoms with Gasteiger partial charge in [0.15, 0.2) is 0 Å². The lowest BCUT2D eigenvalue weighted by Crippen LogP contribution is -2.13. The van der Waals surface area contributed by atoms with E-state index < -0.39 is 0 Å². The summed E-state index contributed by atoms with van der Waals surface area (Å²) in [4.78, 5) is 4.16. The Morgan fingerprint density at radius 3 is 3.50 bits per heavy atom. The van der Waals surface area contributed by atoms with Crippen LogP contribution in [0.25, 0.3) is 0 Å². The zero-order valence-corrected chi connectivity index (χ0v) is 4.45. The van der Waals surface area contributed by atoms with Crippen molar-refractivity contribution in [2.24, 2.45) is 4.99 Å². The molecule has 2 nitrogen and oxygen atoms in total. The molecule has 0 aromatic heterocycles. The number of aliphatic imine (C=N–C) groups is 1. The third-order valence-electron chi connectivity index (χ3n) is 1.53. The van der Waals surface area contributed by atoms with Crippen LogP contribution in [-0.2, 0) is 4.74 Å². The molecule has 0 amide bonds. The van der Waals surface area contributed by atoms with Crippen LogP contribution < -0.4 is 0 Å². The Kier molecular flexibility index (Phi) is 0.692. The Morgan fingerprint density at radius 1 is 1.62 bits per heavy atom. The normalized spacial score (nSPS) is 40.0. The Morgan fingerprint density at radius 2 is 2.62 bits per heavy atom. The van der Waals surface area contributed by atoms with Crippen LogP contribution in [0.3, 0.4) is 0 Å². The maximum absolute atomic E-state index is 5.17. The van der Waals surface area contributed by atoms with Gasteiger partial charge in [0.1, 0.15) is 12.1 Å². The first kappa shape index (κ1) is 4.13. The highest BCUT2D eigenvalue weighted by Crippen LogP contribution is 2.20. The van der Waals surface area contributed by atoms with E-state index in [0.717, 1.165) is 6.42 Å². The largest absolute Gasteiger partial charge is 0.495 e. The van der Waals surface area contributed by atoms with E-state index in [1.807, 2.05) is 12.3 Å². The number of hydrogen-bond acceptors (Lipinski definition) is 2. The quantitative estimate of drug-likeness (QED) is 0.449. The predicted octanol–water partition coefficient (Wildman–Crippen LogP) is 0.742. The van der Waals surface area contributed by atoms with E-state index in [9.17, 15) is 0 Å². The van der Waals surface area contributed by atoms with Gasteiger partial charge in [-0.2, -0.15) is 0 Å². The average Bonchev–Trinajstić information content (AvgIpc) is 2.15. The van der Waals surface area contributed by atoms with Crippen molar-refractivity contribution in [2.45, 2.75) is 18.6 Å². The molecular weight excluding hydrogens is 102 g/mol. The Balaban J connectivity index is 2.22. The molecule has 0 fully saturated rings. The summed E-state index contributed by atoms with van der Waals surface area (Å²) in [6.45, 7) is 0. The average molecular weight is 109 g/mol. The van der Waals surface area contributed by atoms with Gasteiger partial charge >= 0.3 is 0 Å². The standard InChI is InChI=1S/C6H7NO/c1-3-7-5-2-4-8-6(1)5/h2-6H,1H2. The summed E-state index contributed by atoms with van der Waals surface area (Å²) in [6.07, 6.45) is 6.99. The molecule has 0 aromatic rings. The molecule has 0 radical (unpaired) electrons. The van der Waals surface area contributed by atoms with Gasteiger partial charge in [0.2, 0.25) is 0 Å². The predicted molar refractivity (Wildman–Crippen MR) is 30.9 cm³/mol. The van der Waals surface area contributed by atoms with Gasteiger partial charge in [0, 0.05) is 12.6 Å². The van der Waals surface area contributed by atoms with Crippen molar-refractivity contribution in [2.75, 3.05) is 0 Å². The molecule has 0 saturated heterocycles. The minimum Gasteiger partial charge on any atom is -0.495 e. The van der Waals surface area contributed by atoms with Crippen LogP contribution in [0.1, 0.15) is 6.42 Å². The molecule has 2 heterocycles. The SMILES string of the molecule is C1=CC2N=CCC2O1. The van der Waals surface area contributed by atoms with Gasteiger partial charge in [-0.15, -0.1) is 0 Å². The fourth-order valence-electron chi connectivity index (χ4n) is 1.06. The molecule has 2 unspecified atom stereocenters. The van der Waals surface area contributed by atoms with Crippen molar-refractivity contribution in [1.82, 2.24) is 0 Å². The maximum atomic E-state index is 5.17. The van der Waals surface area contributed by atoms with Gasteiger partial charge in [-0.05, 0) is 6.08 Å². The topological polar surface area (TPSA) is 21.6 Å². The van der Waals surface area contributed by atoms with Gasteiger partial charge in [0.05, 0.1) is 6.26 Å². The Bertz CT molecular complexity index is 135. The number of nitrogens with zero attached hydrogens (tertiary/aromatic N) is 1. The van der Waals surface area contributed by atoms with Crippen molar-refractivity contribution >= 4 is 6.21 Å². The number of hydrogen-bond donors (Lipinski definition) is 0. The van der Waals surface area contributed by atoms with Crippen molar-refractivity contribution in [3.05, 3.63) is 12.3 Å². The van der Waals surface area contributed by atoms with Crippen LogP contribution in [0.5, 0.6) is 0 Å². The van der Waals surface area contributed by atoms with Gasteiger partial charge in [0.25, 0.3) is 0 Å². The molecular formula is C6H7NO. The lowest BCUT2D eigenvalue weighted by molar-refractivity contribution is 0.174. The molecule has 0 spiro atoms. The number of rotatable bonds is 0. The van der Waals surface area contributed by atoms with Crippen LogP contribution in [0.2, 0.25) is 0 Å². The van der Waals surface area contributed by atoms with Crippen molar-refractivity contribution in [3.63, 3.8) is 0 Å². The molecule has 42 valence electrons. The molecule has 0 N–H and O–H groups in total. The Hall–Kier alpha value is -0.790. The van der Waals surface area contributed by atoms with Gasteiger partial charge in [-0.3, -0.25) is 4.99 Å². The van der Waals surface area contributed by atoms with Crippen molar-refractivity contribution in [3.8, 4) is 0 Å². The smallest absolute Gasteiger partial charge is 0.129 e. The van der Waals surface area contributed by atoms with Crippen molar-refractivity contribution < 1.29 is 4.74 Å². The second kappa shape index (κ2) is 1.34. The van der Waals surface area contributed by atoms with Crippen LogP contribution >= 0.6 is 0 Å². The first-order valence-electron chi connectivity index (χ1n) is 2.80. The highest BCUT2D eigenvalue weighted by Gasteiger charge is 2.26. The highest BCUT2D eigenvalue weighted by molar-refractivity contribution is 5.62. The van der Waals surface area contributed by atoms with E-state index in [-0.39, 0.29) is 0 Å². The summed E-state index contributed by atoms with van der Waals surface area (Å²) in [5.74, 6) is 0. The summed E-state index contributed by atoms with van der Waals surface area (Å²) in [7, 11) is 0. The molecule has 2 aliphatic rings. The van der Waals surface area contributed by atoms with Crippen molar-refractivity contribution in [1.29, 1.82) is 0 Å². The molecule has 8 heavy (non-hydrogen) atoms. The Labute approximate surface area is 47.9 Å². The first-order valence-corrected chi connectivity index (χ1v) is 2.80. The lowest BCUT2D eigenvalue weighted by atomic mass is 10.2. The summed E-state index contributed by atoms with van der Waals surface area (Å²) >= 11 is 0. The van der Waals surface area contributed by atoms with E-state index in [0.29, 0.717) is 12.1 Å². The van der Waals surface area contributed by atoms with E-state index >= 15 is 0 Å². The number of ether oxygens (including phenoxy) is 1. The maximum Gasteiger partial charge on any atom is 0.129 e. The molecule has 2 rings (SSSR count). The van der Waals surface area contributed by atoms with Crippen LogP contribution in [0.4, 0.5) is 0 Å². The monoisotopic (exact) mass is 109 g/mol. The third-order valence-corrected chi connectivity index (χ3v) is 1.53. The highest BCUT2D eigenvalue weighted by atomic mass is 16.5. The molecule has 0 saturated carbocycles. The minimum atomic E-state index is 0.343. The van der Waals surface area contributed by atoms with Crippen LogP contribution in [-0.4, -0.2) is 18.4 Å². The number of fused-ring (bicyclic) bond motifs is 1. The van der Waals surface area contributed by atoms with E-state index in [1.54, 1.807) is 6.26 Å². The first-order chi connectivity index (χ1) is 3.97. The third kappa shape index (κ3) is 0.399. The zero-order chi connectivity index (χ0) is 5.40. The second-order valence-electron chi connectivity index (χ2n) is 2.06. The van der Waals surface area contributed by atoms with Gasteiger partial charge in [-0.1, -0.05) is 0 Å². The fourth-order valence-corrected chi connectivity index (χ4v) is 1.06. The van der Waals surface area contributed by atoms with E-state index in [4.69, 9.17) is 4.74 Å². The van der Waals surface area contributed by atoms with Gasteiger partial charge in [-0.25, -0.2) is 0 Å². The van der Waals surface area contributed by atoms with Gasteiger partial charge < -0.3 is 4.74 Å². The summed E-state index contributed by atoms with van der Waals surface area (Å²) < 4.78 is 5.17. The minimum absolute atomic E-state index is 0.343. The molecule has 0 aliphatic carbocycles. The summed E-state index contributed by atoms with van der Waals surface area (Å²) in [5, 5.41) is 0. The lowest BCUT2D eigenvalue weighted by Gasteiger charge is -2.04. The summed E-state index contributed by atoms with van der Waals surface area (Å²) in [5.41, 5.74) is 0. The molecule has 0 bridgehead atoms.